The lowest BCUT2D eigenvalue weighted by molar-refractivity contribution is -0.105. The van der Waals surface area contributed by atoms with E-state index in [0.717, 1.165) is 57.0 Å². The van der Waals surface area contributed by atoms with E-state index in [1.165, 1.54) is 0 Å². The van der Waals surface area contributed by atoms with Gasteiger partial charge in [0.15, 0.2) is 0 Å². The van der Waals surface area contributed by atoms with Gasteiger partial charge in [-0.05, 0) is 56.1 Å². The summed E-state index contributed by atoms with van der Waals surface area (Å²) >= 11 is 0. The Morgan fingerprint density at radius 2 is 1.97 bits per heavy atom. The number of allylic oxidation sites excluding steroid dienone is 2. The van der Waals surface area contributed by atoms with Crippen LogP contribution in [0.25, 0.3) is 0 Å². The van der Waals surface area contributed by atoms with Crippen molar-refractivity contribution >= 4 is 23.6 Å². The van der Waals surface area contributed by atoms with Crippen LogP contribution in [-0.2, 0) is 9.53 Å². The third-order valence-corrected chi connectivity index (χ3v) is 4.73. The molecular weight excluding hydrogens is 378 g/mol. The molecule has 3 rings (SSSR count). The molecule has 2 aromatic rings. The average Bonchev–Trinajstić information content (AvgIpc) is 2.78. The predicted octanol–water partition coefficient (Wildman–Crippen LogP) is 3.35. The lowest BCUT2D eigenvalue weighted by Gasteiger charge is -2.26. The molecule has 0 atom stereocenters. The second-order valence-corrected chi connectivity index (χ2v) is 6.92. The SMILES string of the molecule is C/C(=C\CCCN1CCOCC1)C(=N)c1cccnc1N.O=CNc1ccccc1. The zero-order chi connectivity index (χ0) is 21.6. The molecule has 0 unspecified atom stereocenters. The van der Waals surface area contributed by atoms with Gasteiger partial charge in [-0.3, -0.25) is 15.1 Å². The lowest BCUT2D eigenvalue weighted by Crippen LogP contribution is -2.36. The van der Waals surface area contributed by atoms with E-state index in [4.69, 9.17) is 15.9 Å². The molecular formula is C23H31N5O2. The van der Waals surface area contributed by atoms with Crippen LogP contribution in [0.1, 0.15) is 25.3 Å². The van der Waals surface area contributed by atoms with Crippen LogP contribution >= 0.6 is 0 Å². The number of hydrogen-bond donors (Lipinski definition) is 3. The molecule has 1 fully saturated rings. The highest BCUT2D eigenvalue weighted by Gasteiger charge is 2.10. The summed E-state index contributed by atoms with van der Waals surface area (Å²) in [5.41, 5.74) is 8.77. The van der Waals surface area contributed by atoms with Gasteiger partial charge in [-0.15, -0.1) is 0 Å². The fourth-order valence-electron chi connectivity index (χ4n) is 3.00. The molecule has 0 spiro atoms. The first-order valence-corrected chi connectivity index (χ1v) is 10.1. The number of nitrogens with two attached hydrogens (primary N) is 1. The number of morpholine rings is 1. The minimum absolute atomic E-state index is 0.420. The summed E-state index contributed by atoms with van der Waals surface area (Å²) < 4.78 is 5.34. The Balaban J connectivity index is 0.000000297. The van der Waals surface area contributed by atoms with E-state index < -0.39 is 0 Å². The molecule has 7 nitrogen and oxygen atoms in total. The van der Waals surface area contributed by atoms with Gasteiger partial charge in [0.25, 0.3) is 0 Å². The van der Waals surface area contributed by atoms with Crippen LogP contribution in [0.4, 0.5) is 11.5 Å². The molecule has 1 amide bonds. The van der Waals surface area contributed by atoms with Gasteiger partial charge in [-0.1, -0.05) is 24.3 Å². The van der Waals surface area contributed by atoms with Gasteiger partial charge in [0.05, 0.1) is 18.9 Å². The number of nitrogen functional groups attached to an aromatic ring is 1. The van der Waals surface area contributed by atoms with Gasteiger partial charge in [-0.25, -0.2) is 4.98 Å². The van der Waals surface area contributed by atoms with Crippen molar-refractivity contribution in [2.45, 2.75) is 19.8 Å². The van der Waals surface area contributed by atoms with Gasteiger partial charge in [0.1, 0.15) is 5.82 Å². The Morgan fingerprint density at radius 3 is 2.63 bits per heavy atom. The minimum Gasteiger partial charge on any atom is -0.383 e. The number of unbranched alkanes of at least 4 members (excludes halogenated alkanes) is 1. The molecule has 30 heavy (non-hydrogen) atoms. The molecule has 7 heteroatoms. The number of carbonyl (C=O) groups is 1. The van der Waals surface area contributed by atoms with E-state index in [1.807, 2.05) is 49.4 Å². The highest BCUT2D eigenvalue weighted by Crippen LogP contribution is 2.14. The molecule has 4 N–H and O–H groups in total. The number of carbonyl (C=O) groups excluding carboxylic acids is 1. The Labute approximate surface area is 178 Å². The van der Waals surface area contributed by atoms with E-state index in [1.54, 1.807) is 6.20 Å². The molecule has 0 bridgehead atoms. The molecule has 2 heterocycles. The van der Waals surface area contributed by atoms with Crippen molar-refractivity contribution < 1.29 is 9.53 Å². The zero-order valence-corrected chi connectivity index (χ0v) is 17.5. The van der Waals surface area contributed by atoms with Crippen LogP contribution in [0.15, 0.2) is 60.3 Å². The molecule has 160 valence electrons. The van der Waals surface area contributed by atoms with Crippen LogP contribution in [0.5, 0.6) is 0 Å². The molecule has 1 aliphatic rings. The standard InChI is InChI=1S/C16H24N4O.C7H7NO/c1-13(15(17)14-6-4-7-19-16(14)18)5-2-3-8-20-9-11-21-12-10-20;9-6-8-7-4-2-1-3-5-7/h4-7,17H,2-3,8-12H2,1H3,(H2,18,19);1-6H,(H,8,9)/b13-5+,17-15?;. The van der Waals surface area contributed by atoms with Crippen LogP contribution in [0, 0.1) is 5.41 Å². The summed E-state index contributed by atoms with van der Waals surface area (Å²) in [5, 5.41) is 10.7. The Morgan fingerprint density at radius 1 is 1.23 bits per heavy atom. The topological polar surface area (TPSA) is 104 Å². The molecule has 0 saturated carbocycles. The van der Waals surface area contributed by atoms with Crippen LogP contribution < -0.4 is 11.1 Å². The summed E-state index contributed by atoms with van der Waals surface area (Å²) in [7, 11) is 0. The summed E-state index contributed by atoms with van der Waals surface area (Å²) in [6.45, 7) is 6.81. The first-order chi connectivity index (χ1) is 14.6. The summed E-state index contributed by atoms with van der Waals surface area (Å²) in [4.78, 5) is 16.3. The summed E-state index contributed by atoms with van der Waals surface area (Å²) in [5.74, 6) is 0.420. The predicted molar refractivity (Wildman–Crippen MR) is 122 cm³/mol. The Bertz CT molecular complexity index is 817. The number of aromatic nitrogens is 1. The van der Waals surface area contributed by atoms with Crippen molar-refractivity contribution in [3.05, 3.63) is 65.9 Å². The number of rotatable bonds is 8. The monoisotopic (exact) mass is 409 g/mol. The highest BCUT2D eigenvalue weighted by molar-refractivity contribution is 6.12. The summed E-state index contributed by atoms with van der Waals surface area (Å²) in [6.07, 6.45) is 6.51. The fourth-order valence-corrected chi connectivity index (χ4v) is 3.00. The molecule has 0 aliphatic carbocycles. The van der Waals surface area contributed by atoms with Crippen LogP contribution in [0.2, 0.25) is 0 Å². The first-order valence-electron chi connectivity index (χ1n) is 10.1. The van der Waals surface area contributed by atoms with Gasteiger partial charge in [-0.2, -0.15) is 0 Å². The smallest absolute Gasteiger partial charge is 0.211 e. The second-order valence-electron chi connectivity index (χ2n) is 6.92. The number of pyridine rings is 1. The van der Waals surface area contributed by atoms with Crippen molar-refractivity contribution in [2.24, 2.45) is 0 Å². The van der Waals surface area contributed by atoms with Crippen molar-refractivity contribution in [1.29, 1.82) is 5.41 Å². The van der Waals surface area contributed by atoms with Crippen LogP contribution in [0.3, 0.4) is 0 Å². The Hall–Kier alpha value is -3.03. The Kier molecular flexibility index (Phi) is 10.3. The second kappa shape index (κ2) is 13.2. The van der Waals surface area contributed by atoms with Crippen molar-refractivity contribution in [3.63, 3.8) is 0 Å². The maximum Gasteiger partial charge on any atom is 0.211 e. The normalized spacial score (nSPS) is 14.4. The molecule has 1 saturated heterocycles. The average molecular weight is 410 g/mol. The van der Waals surface area contributed by atoms with E-state index in [2.05, 4.69) is 21.3 Å². The molecule has 0 radical (unpaired) electrons. The lowest BCUT2D eigenvalue weighted by atomic mass is 10.0. The number of ether oxygens (including phenoxy) is 1. The maximum absolute atomic E-state index is 9.86. The van der Waals surface area contributed by atoms with E-state index in [9.17, 15) is 4.79 Å². The van der Waals surface area contributed by atoms with Crippen LogP contribution in [-0.4, -0.2) is 54.9 Å². The number of hydrogen-bond acceptors (Lipinski definition) is 6. The maximum atomic E-state index is 9.86. The van der Waals surface area contributed by atoms with Gasteiger partial charge >= 0.3 is 0 Å². The van der Waals surface area contributed by atoms with E-state index >= 15 is 0 Å². The minimum atomic E-state index is 0.420. The van der Waals surface area contributed by atoms with E-state index in [-0.39, 0.29) is 0 Å². The number of para-hydroxylation sites is 1. The van der Waals surface area contributed by atoms with Gasteiger partial charge in [0, 0.05) is 30.5 Å². The zero-order valence-electron chi connectivity index (χ0n) is 17.5. The van der Waals surface area contributed by atoms with Crippen molar-refractivity contribution in [3.8, 4) is 0 Å². The third-order valence-electron chi connectivity index (χ3n) is 4.73. The van der Waals surface area contributed by atoms with E-state index in [0.29, 0.717) is 23.5 Å². The van der Waals surface area contributed by atoms with Crippen molar-refractivity contribution in [2.75, 3.05) is 43.9 Å². The third kappa shape index (κ3) is 8.14. The number of anilines is 2. The fraction of sp³-hybridized carbons (Fsp3) is 0.348. The number of benzene rings is 1. The largest absolute Gasteiger partial charge is 0.383 e. The molecule has 1 aromatic heterocycles. The molecule has 1 aromatic carbocycles. The quantitative estimate of drug-likeness (QED) is 0.352. The highest BCUT2D eigenvalue weighted by atomic mass is 16.5. The number of nitrogens with one attached hydrogen (secondary N) is 2. The summed E-state index contributed by atoms with van der Waals surface area (Å²) in [6, 6.07) is 12.9. The van der Waals surface area contributed by atoms with Gasteiger partial charge < -0.3 is 15.8 Å². The molecule has 1 aliphatic heterocycles. The number of amides is 1. The number of nitrogens with zero attached hydrogens (tertiary/aromatic N) is 2. The first kappa shape index (κ1) is 23.3. The van der Waals surface area contributed by atoms with Crippen molar-refractivity contribution in [1.82, 2.24) is 9.88 Å². The van der Waals surface area contributed by atoms with Gasteiger partial charge in [0.2, 0.25) is 6.41 Å².